The number of thioether (sulfide) groups is 1. The fourth-order valence-electron chi connectivity index (χ4n) is 4.43. The van der Waals surface area contributed by atoms with Gasteiger partial charge in [0, 0.05) is 34.6 Å². The molecule has 3 amide bonds. The van der Waals surface area contributed by atoms with E-state index < -0.39 is 16.7 Å². The molecule has 0 aliphatic carbocycles. The minimum Gasteiger partial charge on any atom is -0.497 e. The van der Waals surface area contributed by atoms with Gasteiger partial charge in [-0.15, -0.1) is 11.8 Å². The Labute approximate surface area is 205 Å². The van der Waals surface area contributed by atoms with Gasteiger partial charge in [-0.25, -0.2) is 9.18 Å². The lowest BCUT2D eigenvalue weighted by atomic mass is 10.1. The number of carbonyl (C=O) groups excluding carboxylic acids is 2. The third kappa shape index (κ3) is 3.67. The Morgan fingerprint density at radius 2 is 2.00 bits per heavy atom. The molecule has 2 heterocycles. The van der Waals surface area contributed by atoms with Gasteiger partial charge in [-0.3, -0.25) is 9.69 Å². The second-order valence-electron chi connectivity index (χ2n) is 7.95. The van der Waals surface area contributed by atoms with E-state index in [4.69, 9.17) is 16.3 Å². The van der Waals surface area contributed by atoms with Crippen LogP contribution in [0.2, 0.25) is 5.02 Å². The molecule has 2 aliphatic heterocycles. The van der Waals surface area contributed by atoms with E-state index >= 15 is 0 Å². The molecule has 0 saturated carbocycles. The SMILES string of the molecule is COc1cccc(NC(=O)N2CCS[C@]23C(=O)N(Cc2ccccc2Cl)c2ccc(F)cc23)c1. The monoisotopic (exact) mass is 497 g/mol. The lowest BCUT2D eigenvalue weighted by Gasteiger charge is -2.33. The molecule has 0 unspecified atom stereocenters. The average molecular weight is 498 g/mol. The maximum Gasteiger partial charge on any atom is 0.323 e. The number of rotatable bonds is 4. The van der Waals surface area contributed by atoms with Crippen LogP contribution in [-0.2, 0) is 16.2 Å². The Hall–Kier alpha value is -3.23. The molecule has 0 bridgehead atoms. The summed E-state index contributed by atoms with van der Waals surface area (Å²) in [6, 6.07) is 18.1. The van der Waals surface area contributed by atoms with Crippen molar-refractivity contribution < 1.29 is 18.7 Å². The van der Waals surface area contributed by atoms with Crippen molar-refractivity contribution in [2.75, 3.05) is 29.6 Å². The maximum absolute atomic E-state index is 14.4. The Bertz CT molecular complexity index is 1290. The van der Waals surface area contributed by atoms with Crippen LogP contribution in [0.1, 0.15) is 11.1 Å². The largest absolute Gasteiger partial charge is 0.497 e. The number of benzene rings is 3. The van der Waals surface area contributed by atoms with Crippen molar-refractivity contribution in [3.63, 3.8) is 0 Å². The predicted molar refractivity (Wildman–Crippen MR) is 132 cm³/mol. The molecule has 1 N–H and O–H groups in total. The Morgan fingerprint density at radius 3 is 2.79 bits per heavy atom. The smallest absolute Gasteiger partial charge is 0.323 e. The summed E-state index contributed by atoms with van der Waals surface area (Å²) in [5.41, 5.74) is 2.34. The molecule has 3 aromatic carbocycles. The molecule has 6 nitrogen and oxygen atoms in total. The minimum atomic E-state index is -1.36. The fourth-order valence-corrected chi connectivity index (χ4v) is 6.08. The number of hydrogen-bond acceptors (Lipinski definition) is 4. The third-order valence-corrected chi connectivity index (χ3v) is 7.80. The van der Waals surface area contributed by atoms with E-state index in [1.165, 1.54) is 28.8 Å². The normalized spacial score (nSPS) is 19.0. The van der Waals surface area contributed by atoms with Crippen LogP contribution in [-0.4, -0.2) is 36.2 Å². The highest BCUT2D eigenvalue weighted by molar-refractivity contribution is 8.01. The number of amides is 3. The predicted octanol–water partition coefficient (Wildman–Crippen LogP) is 5.47. The number of anilines is 2. The van der Waals surface area contributed by atoms with Gasteiger partial charge in [0.05, 0.1) is 19.3 Å². The zero-order valence-corrected chi connectivity index (χ0v) is 19.8. The first-order chi connectivity index (χ1) is 16.4. The fraction of sp³-hybridized carbons (Fsp3) is 0.200. The van der Waals surface area contributed by atoms with Gasteiger partial charge >= 0.3 is 6.03 Å². The van der Waals surface area contributed by atoms with Crippen molar-refractivity contribution >= 4 is 46.7 Å². The van der Waals surface area contributed by atoms with E-state index in [9.17, 15) is 14.0 Å². The Morgan fingerprint density at radius 1 is 1.18 bits per heavy atom. The number of carbonyl (C=O) groups is 2. The number of nitrogens with zero attached hydrogens (tertiary/aromatic N) is 2. The molecular weight excluding hydrogens is 477 g/mol. The molecule has 5 rings (SSSR count). The van der Waals surface area contributed by atoms with Crippen LogP contribution in [0.4, 0.5) is 20.6 Å². The molecule has 1 saturated heterocycles. The van der Waals surface area contributed by atoms with Crippen LogP contribution >= 0.6 is 23.4 Å². The van der Waals surface area contributed by atoms with Crippen molar-refractivity contribution in [1.29, 1.82) is 0 Å². The van der Waals surface area contributed by atoms with Gasteiger partial charge in [0.25, 0.3) is 5.91 Å². The second-order valence-corrected chi connectivity index (χ2v) is 9.65. The first-order valence-corrected chi connectivity index (χ1v) is 12.0. The van der Waals surface area contributed by atoms with Crippen molar-refractivity contribution in [3.05, 3.63) is 88.7 Å². The average Bonchev–Trinajstić information content (AvgIpc) is 3.38. The molecule has 2 aliphatic rings. The summed E-state index contributed by atoms with van der Waals surface area (Å²) in [5, 5.41) is 3.39. The van der Waals surface area contributed by atoms with Crippen molar-refractivity contribution in [3.8, 4) is 5.75 Å². The number of methoxy groups -OCH3 is 1. The highest BCUT2D eigenvalue weighted by Crippen LogP contribution is 2.54. The maximum atomic E-state index is 14.4. The van der Waals surface area contributed by atoms with E-state index in [-0.39, 0.29) is 12.5 Å². The third-order valence-electron chi connectivity index (χ3n) is 6.01. The van der Waals surface area contributed by atoms with Gasteiger partial charge in [0.2, 0.25) is 0 Å². The zero-order valence-electron chi connectivity index (χ0n) is 18.3. The van der Waals surface area contributed by atoms with Gasteiger partial charge < -0.3 is 15.0 Å². The standard InChI is InChI=1S/C25H21ClFN3O3S/c1-33-19-7-4-6-18(14-19)28-24(32)30-11-12-34-25(30)20-13-17(27)9-10-22(20)29(23(25)31)15-16-5-2-3-8-21(16)26/h2-10,13-14H,11-12,15H2,1H3,(H,28,32)/t25-/m1/s1. The molecule has 174 valence electrons. The van der Waals surface area contributed by atoms with Crippen LogP contribution in [0, 0.1) is 5.82 Å². The van der Waals surface area contributed by atoms with Crippen LogP contribution in [0.3, 0.4) is 0 Å². The Balaban J connectivity index is 1.53. The summed E-state index contributed by atoms with van der Waals surface area (Å²) in [4.78, 5) is 29.1. The molecular formula is C25H21ClFN3O3S. The highest BCUT2D eigenvalue weighted by Gasteiger charge is 2.59. The zero-order chi connectivity index (χ0) is 23.9. The van der Waals surface area contributed by atoms with E-state index in [0.29, 0.717) is 40.0 Å². The Kier molecular flexibility index (Phi) is 5.87. The quantitative estimate of drug-likeness (QED) is 0.519. The van der Waals surface area contributed by atoms with Gasteiger partial charge in [0.1, 0.15) is 11.6 Å². The molecule has 1 fully saturated rings. The molecule has 34 heavy (non-hydrogen) atoms. The van der Waals surface area contributed by atoms with Gasteiger partial charge in [-0.1, -0.05) is 35.9 Å². The van der Waals surface area contributed by atoms with Crippen LogP contribution in [0.25, 0.3) is 0 Å². The number of urea groups is 1. The number of fused-ring (bicyclic) bond motifs is 2. The number of hydrogen-bond donors (Lipinski definition) is 1. The molecule has 1 spiro atoms. The van der Waals surface area contributed by atoms with Gasteiger partial charge in [0.15, 0.2) is 4.87 Å². The number of halogens is 2. The first kappa shape index (κ1) is 22.6. The van der Waals surface area contributed by atoms with E-state index in [0.717, 1.165) is 5.56 Å². The highest BCUT2D eigenvalue weighted by atomic mass is 35.5. The van der Waals surface area contributed by atoms with Gasteiger partial charge in [-0.05, 0) is 42.0 Å². The summed E-state index contributed by atoms with van der Waals surface area (Å²) in [6.07, 6.45) is 0. The van der Waals surface area contributed by atoms with Gasteiger partial charge in [-0.2, -0.15) is 0 Å². The first-order valence-electron chi connectivity index (χ1n) is 10.7. The number of nitrogens with one attached hydrogen (secondary N) is 1. The van der Waals surface area contributed by atoms with E-state index in [2.05, 4.69) is 5.32 Å². The van der Waals surface area contributed by atoms with Crippen molar-refractivity contribution in [2.24, 2.45) is 0 Å². The topological polar surface area (TPSA) is 61.9 Å². The van der Waals surface area contributed by atoms with Crippen LogP contribution in [0.15, 0.2) is 66.7 Å². The summed E-state index contributed by atoms with van der Waals surface area (Å²) in [5.74, 6) is 0.369. The lowest BCUT2D eigenvalue weighted by molar-refractivity contribution is -0.123. The number of ether oxygens (including phenoxy) is 1. The molecule has 0 aromatic heterocycles. The summed E-state index contributed by atoms with van der Waals surface area (Å²) < 4.78 is 19.6. The second kappa shape index (κ2) is 8.85. The van der Waals surface area contributed by atoms with Crippen LogP contribution in [0.5, 0.6) is 5.75 Å². The van der Waals surface area contributed by atoms with E-state index in [1.807, 2.05) is 18.2 Å². The van der Waals surface area contributed by atoms with Crippen LogP contribution < -0.4 is 15.0 Å². The molecule has 1 atom stereocenters. The summed E-state index contributed by atoms with van der Waals surface area (Å²) >= 11 is 7.69. The van der Waals surface area contributed by atoms with Crippen molar-refractivity contribution in [2.45, 2.75) is 11.4 Å². The lowest BCUT2D eigenvalue weighted by Crippen LogP contribution is -2.51. The summed E-state index contributed by atoms with van der Waals surface area (Å²) in [7, 11) is 1.54. The molecule has 0 radical (unpaired) electrons. The minimum absolute atomic E-state index is 0.213. The van der Waals surface area contributed by atoms with E-state index in [1.54, 1.807) is 48.4 Å². The summed E-state index contributed by atoms with van der Waals surface area (Å²) in [6.45, 7) is 0.548. The molecule has 9 heteroatoms. The molecule has 3 aromatic rings. The van der Waals surface area contributed by atoms with Crippen molar-refractivity contribution in [1.82, 2.24) is 4.90 Å².